The van der Waals surface area contributed by atoms with Gasteiger partial charge in [0.1, 0.15) is 0 Å². The number of fused-ring (bicyclic) bond motifs is 4. The van der Waals surface area contributed by atoms with Crippen molar-refractivity contribution in [2.45, 2.75) is 12.8 Å². The van der Waals surface area contributed by atoms with Crippen molar-refractivity contribution in [1.82, 2.24) is 9.97 Å². The van der Waals surface area contributed by atoms with E-state index in [1.54, 1.807) is 12.1 Å². The maximum Gasteiger partial charge on any atom is 0.335 e. The van der Waals surface area contributed by atoms with Crippen molar-refractivity contribution < 1.29 is 19.8 Å². The molecule has 8 heteroatoms. The van der Waals surface area contributed by atoms with Crippen molar-refractivity contribution in [1.29, 1.82) is 0 Å². The molecule has 5 rings (SSSR count). The lowest BCUT2D eigenvalue weighted by atomic mass is 9.89. The zero-order valence-electron chi connectivity index (χ0n) is 15.4. The highest BCUT2D eigenvalue weighted by Gasteiger charge is 2.24. The summed E-state index contributed by atoms with van der Waals surface area (Å²) in [6.45, 7) is 0. The zero-order chi connectivity index (χ0) is 21.2. The van der Waals surface area contributed by atoms with Crippen LogP contribution in [0.25, 0.3) is 21.8 Å². The molecule has 0 saturated carbocycles. The first-order chi connectivity index (χ1) is 14.3. The molecule has 0 atom stereocenters. The minimum atomic E-state index is -1.11. The number of benzene rings is 2. The minimum absolute atomic E-state index is 0.0257. The van der Waals surface area contributed by atoms with Gasteiger partial charge in [-0.2, -0.15) is 0 Å². The normalized spacial score (nSPS) is 12.5. The summed E-state index contributed by atoms with van der Waals surface area (Å²) in [6.07, 6.45) is 0.387. The number of carbonyl (C=O) groups is 2. The van der Waals surface area contributed by atoms with E-state index in [-0.39, 0.29) is 45.6 Å². The van der Waals surface area contributed by atoms with E-state index in [0.29, 0.717) is 33.5 Å². The second kappa shape index (κ2) is 6.15. The molecular weight excluding hydrogens is 388 g/mol. The van der Waals surface area contributed by atoms with E-state index in [1.165, 1.54) is 24.3 Å². The third kappa shape index (κ3) is 2.54. The summed E-state index contributed by atoms with van der Waals surface area (Å²) in [5.74, 6) is -2.23. The summed E-state index contributed by atoms with van der Waals surface area (Å²) < 4.78 is 0. The van der Waals surface area contributed by atoms with Crippen LogP contribution in [0.15, 0.2) is 46.0 Å². The van der Waals surface area contributed by atoms with Crippen LogP contribution in [0.2, 0.25) is 0 Å². The van der Waals surface area contributed by atoms with Gasteiger partial charge < -0.3 is 20.2 Å². The van der Waals surface area contributed by atoms with Gasteiger partial charge in [0.05, 0.1) is 11.1 Å². The van der Waals surface area contributed by atoms with Crippen LogP contribution in [0.4, 0.5) is 0 Å². The predicted molar refractivity (Wildman–Crippen MR) is 109 cm³/mol. The number of nitrogens with one attached hydrogen (secondary N) is 2. The highest BCUT2D eigenvalue weighted by molar-refractivity contribution is 5.94. The van der Waals surface area contributed by atoms with Crippen molar-refractivity contribution in [3.05, 3.63) is 90.5 Å². The quantitative estimate of drug-likeness (QED) is 0.357. The van der Waals surface area contributed by atoms with Crippen molar-refractivity contribution in [3.8, 4) is 0 Å². The first-order valence-electron chi connectivity index (χ1n) is 9.15. The number of hydrogen-bond acceptors (Lipinski definition) is 4. The number of carboxylic acids is 2. The van der Waals surface area contributed by atoms with Crippen LogP contribution in [-0.2, 0) is 12.8 Å². The monoisotopic (exact) mass is 402 g/mol. The van der Waals surface area contributed by atoms with Crippen LogP contribution in [0.1, 0.15) is 43.2 Å². The number of carboxylic acid groups (broad SMARTS) is 2. The van der Waals surface area contributed by atoms with Crippen LogP contribution < -0.4 is 10.9 Å². The summed E-state index contributed by atoms with van der Waals surface area (Å²) >= 11 is 0. The van der Waals surface area contributed by atoms with Gasteiger partial charge in [0, 0.05) is 57.2 Å². The Morgan fingerprint density at radius 1 is 0.700 bits per heavy atom. The fraction of sp³-hybridized carbons (Fsp3) is 0.0909. The molecule has 0 unspecified atom stereocenters. The summed E-state index contributed by atoms with van der Waals surface area (Å²) in [5.41, 5.74) is 2.67. The minimum Gasteiger partial charge on any atom is -0.478 e. The van der Waals surface area contributed by atoms with E-state index in [9.17, 15) is 29.4 Å². The summed E-state index contributed by atoms with van der Waals surface area (Å²) in [6, 6.07) is 8.61. The summed E-state index contributed by atoms with van der Waals surface area (Å²) in [5, 5.41) is 19.0. The fourth-order valence-electron chi connectivity index (χ4n) is 4.05. The molecule has 30 heavy (non-hydrogen) atoms. The number of H-pyrrole nitrogens is 2. The number of rotatable bonds is 2. The molecule has 2 aromatic carbocycles. The Hall–Kier alpha value is -4.20. The molecule has 2 aromatic heterocycles. The highest BCUT2D eigenvalue weighted by Crippen LogP contribution is 2.25. The maximum atomic E-state index is 13.1. The Bertz CT molecular complexity index is 1430. The van der Waals surface area contributed by atoms with Crippen molar-refractivity contribution >= 4 is 33.7 Å². The Balaban J connectivity index is 1.72. The number of pyridine rings is 2. The standard InChI is InChI=1S/C22H14N2O6/c25-19-11-5-9(21(27)28)1-3-15(11)23-17-7-14-18(8-13(17)19)24-16-4-2-10(22(29)30)6-12(16)20(14)26/h1-6H,7-8H2,(H,23,25)(H,24,26)(H,27,28)(H,29,30). The Labute approximate surface area is 167 Å². The summed E-state index contributed by atoms with van der Waals surface area (Å²) in [7, 11) is 0. The number of aromatic carboxylic acids is 2. The van der Waals surface area contributed by atoms with Crippen molar-refractivity contribution in [2.24, 2.45) is 0 Å². The van der Waals surface area contributed by atoms with Crippen LogP contribution in [0.5, 0.6) is 0 Å². The first kappa shape index (κ1) is 17.9. The van der Waals surface area contributed by atoms with E-state index in [0.717, 1.165) is 0 Å². The largest absolute Gasteiger partial charge is 0.478 e. The van der Waals surface area contributed by atoms with Gasteiger partial charge in [-0.25, -0.2) is 9.59 Å². The van der Waals surface area contributed by atoms with Gasteiger partial charge >= 0.3 is 11.9 Å². The molecule has 1 aliphatic carbocycles. The number of aromatic nitrogens is 2. The van der Waals surface area contributed by atoms with Gasteiger partial charge in [-0.3, -0.25) is 9.59 Å². The van der Waals surface area contributed by atoms with Gasteiger partial charge in [0.2, 0.25) is 0 Å². The predicted octanol–water partition coefficient (Wildman–Crippen LogP) is 2.26. The van der Waals surface area contributed by atoms with E-state index in [4.69, 9.17) is 0 Å². The van der Waals surface area contributed by atoms with Crippen LogP contribution >= 0.6 is 0 Å². The lowest BCUT2D eigenvalue weighted by Crippen LogP contribution is -2.26. The zero-order valence-corrected chi connectivity index (χ0v) is 15.4. The molecule has 148 valence electrons. The third-order valence-electron chi connectivity index (χ3n) is 5.58. The molecule has 0 bridgehead atoms. The van der Waals surface area contributed by atoms with Gasteiger partial charge in [-0.15, -0.1) is 0 Å². The number of aromatic amines is 2. The molecular formula is C22H14N2O6. The van der Waals surface area contributed by atoms with Crippen LogP contribution in [-0.4, -0.2) is 32.1 Å². The molecule has 1 aliphatic rings. The lowest BCUT2D eigenvalue weighted by Gasteiger charge is -2.20. The van der Waals surface area contributed by atoms with E-state index in [2.05, 4.69) is 9.97 Å². The SMILES string of the molecule is O=C(O)c1ccc2[nH]c3c(c(=O)c2c1)Cc1[nH]c2ccc(C(=O)O)cc2c(=O)c1C3. The molecule has 0 amide bonds. The van der Waals surface area contributed by atoms with Gasteiger partial charge in [0.15, 0.2) is 10.9 Å². The average Bonchev–Trinajstić information content (AvgIpc) is 2.73. The summed E-state index contributed by atoms with van der Waals surface area (Å²) in [4.78, 5) is 54.9. The average molecular weight is 402 g/mol. The second-order valence-electron chi connectivity index (χ2n) is 7.31. The van der Waals surface area contributed by atoms with Gasteiger partial charge in [-0.05, 0) is 36.4 Å². The maximum absolute atomic E-state index is 13.1. The molecule has 0 radical (unpaired) electrons. The Morgan fingerprint density at radius 3 is 1.47 bits per heavy atom. The van der Waals surface area contributed by atoms with E-state index in [1.807, 2.05) is 0 Å². The van der Waals surface area contributed by atoms with Gasteiger partial charge in [-0.1, -0.05) is 0 Å². The van der Waals surface area contributed by atoms with Crippen molar-refractivity contribution in [2.75, 3.05) is 0 Å². The molecule has 8 nitrogen and oxygen atoms in total. The topological polar surface area (TPSA) is 140 Å². The number of hydrogen-bond donors (Lipinski definition) is 4. The Kier molecular flexibility index (Phi) is 3.66. The molecule has 4 aromatic rings. The first-order valence-corrected chi connectivity index (χ1v) is 9.15. The highest BCUT2D eigenvalue weighted by atomic mass is 16.4. The molecule has 0 aliphatic heterocycles. The van der Waals surface area contributed by atoms with E-state index >= 15 is 0 Å². The van der Waals surface area contributed by atoms with Crippen LogP contribution in [0.3, 0.4) is 0 Å². The Morgan fingerprint density at radius 2 is 1.10 bits per heavy atom. The van der Waals surface area contributed by atoms with Crippen LogP contribution in [0, 0.1) is 0 Å². The molecule has 0 spiro atoms. The van der Waals surface area contributed by atoms with Crippen molar-refractivity contribution in [3.63, 3.8) is 0 Å². The molecule has 0 fully saturated rings. The molecule has 0 saturated heterocycles. The third-order valence-corrected chi connectivity index (χ3v) is 5.58. The van der Waals surface area contributed by atoms with Gasteiger partial charge in [0.25, 0.3) is 0 Å². The molecule has 2 heterocycles. The second-order valence-corrected chi connectivity index (χ2v) is 7.31. The van der Waals surface area contributed by atoms with E-state index < -0.39 is 11.9 Å². The fourth-order valence-corrected chi connectivity index (χ4v) is 4.05. The molecule has 4 N–H and O–H groups in total. The lowest BCUT2D eigenvalue weighted by molar-refractivity contribution is 0.0686. The smallest absolute Gasteiger partial charge is 0.335 e.